The minimum absolute atomic E-state index is 0.0390. The molecule has 4 heteroatoms. The summed E-state index contributed by atoms with van der Waals surface area (Å²) in [6.07, 6.45) is 0.850. The average Bonchev–Trinajstić information content (AvgIpc) is 2.62. The van der Waals surface area contributed by atoms with Gasteiger partial charge in [-0.05, 0) is 41.3 Å². The van der Waals surface area contributed by atoms with Crippen molar-refractivity contribution in [2.75, 3.05) is 25.2 Å². The fourth-order valence-corrected chi connectivity index (χ4v) is 3.11. The molecular formula is C20H23NO3. The Balaban J connectivity index is 1.86. The summed E-state index contributed by atoms with van der Waals surface area (Å²) in [7, 11) is 1.66. The van der Waals surface area contributed by atoms with Gasteiger partial charge in [-0.2, -0.15) is 0 Å². The van der Waals surface area contributed by atoms with Gasteiger partial charge in [-0.25, -0.2) is 0 Å². The van der Waals surface area contributed by atoms with Gasteiger partial charge < -0.3 is 14.7 Å². The van der Waals surface area contributed by atoms with Crippen LogP contribution in [0.3, 0.4) is 0 Å². The first-order valence-electron chi connectivity index (χ1n) is 8.27. The summed E-state index contributed by atoms with van der Waals surface area (Å²) in [5.74, 6) is 0.144. The predicted molar refractivity (Wildman–Crippen MR) is 94.5 cm³/mol. The number of aliphatic hydroxyl groups excluding tert-OH is 1. The quantitative estimate of drug-likeness (QED) is 0.919. The van der Waals surface area contributed by atoms with E-state index in [1.54, 1.807) is 7.11 Å². The lowest BCUT2D eigenvalue weighted by Crippen LogP contribution is -2.37. The van der Waals surface area contributed by atoms with E-state index in [1.165, 1.54) is 0 Å². The van der Waals surface area contributed by atoms with Crippen molar-refractivity contribution >= 4 is 11.6 Å². The summed E-state index contributed by atoms with van der Waals surface area (Å²) in [4.78, 5) is 14.7. The van der Waals surface area contributed by atoms with Crippen molar-refractivity contribution in [1.82, 2.24) is 0 Å². The molecule has 0 aromatic heterocycles. The molecule has 1 aliphatic heterocycles. The second kappa shape index (κ2) is 7.16. The highest BCUT2D eigenvalue weighted by molar-refractivity contribution is 6.08. The summed E-state index contributed by atoms with van der Waals surface area (Å²) in [6, 6.07) is 13.9. The first-order valence-corrected chi connectivity index (χ1v) is 8.27. The van der Waals surface area contributed by atoms with Gasteiger partial charge >= 0.3 is 0 Å². The number of aliphatic hydroxyl groups is 1. The molecule has 1 amide bonds. The number of carbonyl (C=O) groups is 1. The van der Waals surface area contributed by atoms with Crippen molar-refractivity contribution in [3.8, 4) is 0 Å². The third kappa shape index (κ3) is 3.21. The van der Waals surface area contributed by atoms with E-state index in [9.17, 15) is 9.90 Å². The van der Waals surface area contributed by atoms with Crippen LogP contribution in [0.5, 0.6) is 0 Å². The molecule has 1 N–H and O–H groups in total. The lowest BCUT2D eigenvalue weighted by molar-refractivity contribution is 0.0980. The minimum Gasteiger partial charge on any atom is -0.396 e. The Bertz CT molecular complexity index is 724. The second-order valence-corrected chi connectivity index (χ2v) is 6.31. The van der Waals surface area contributed by atoms with Crippen LogP contribution in [0.25, 0.3) is 0 Å². The van der Waals surface area contributed by atoms with Crippen LogP contribution < -0.4 is 4.90 Å². The van der Waals surface area contributed by atoms with Gasteiger partial charge in [-0.15, -0.1) is 0 Å². The zero-order chi connectivity index (χ0) is 17.1. The highest BCUT2D eigenvalue weighted by atomic mass is 16.5. The van der Waals surface area contributed by atoms with Crippen molar-refractivity contribution in [3.05, 3.63) is 64.7 Å². The molecule has 0 saturated heterocycles. The molecule has 0 radical (unpaired) electrons. The van der Waals surface area contributed by atoms with E-state index >= 15 is 0 Å². The maximum atomic E-state index is 12.9. The SMILES string of the molecule is COCc1ccc2c(c1)C(=O)N(c1ccc(C(C)CO)cc1)CC2. The Morgan fingerprint density at radius 1 is 1.21 bits per heavy atom. The van der Waals surface area contributed by atoms with Crippen LogP contribution in [0.15, 0.2) is 42.5 Å². The zero-order valence-electron chi connectivity index (χ0n) is 14.2. The number of carbonyl (C=O) groups excluding carboxylic acids is 1. The first-order chi connectivity index (χ1) is 11.6. The molecule has 0 bridgehead atoms. The molecule has 0 spiro atoms. The molecule has 1 heterocycles. The number of benzene rings is 2. The summed E-state index contributed by atoms with van der Waals surface area (Å²) < 4.78 is 5.17. The predicted octanol–water partition coefficient (Wildman–Crippen LogP) is 3.13. The number of hydrogen-bond acceptors (Lipinski definition) is 3. The highest BCUT2D eigenvalue weighted by Crippen LogP contribution is 2.27. The molecule has 1 unspecified atom stereocenters. The molecule has 0 fully saturated rings. The largest absolute Gasteiger partial charge is 0.396 e. The fourth-order valence-electron chi connectivity index (χ4n) is 3.11. The summed E-state index contributed by atoms with van der Waals surface area (Å²) >= 11 is 0. The van der Waals surface area contributed by atoms with Crippen molar-refractivity contribution in [2.45, 2.75) is 25.9 Å². The number of rotatable bonds is 5. The van der Waals surface area contributed by atoms with E-state index in [0.29, 0.717) is 13.2 Å². The van der Waals surface area contributed by atoms with E-state index in [2.05, 4.69) is 0 Å². The lowest BCUT2D eigenvalue weighted by Gasteiger charge is -2.29. The van der Waals surface area contributed by atoms with E-state index in [-0.39, 0.29) is 18.4 Å². The maximum Gasteiger partial charge on any atom is 0.258 e. The van der Waals surface area contributed by atoms with Crippen molar-refractivity contribution < 1.29 is 14.6 Å². The van der Waals surface area contributed by atoms with Crippen LogP contribution in [0.2, 0.25) is 0 Å². The Morgan fingerprint density at radius 3 is 2.62 bits per heavy atom. The van der Waals surface area contributed by atoms with Crippen molar-refractivity contribution in [1.29, 1.82) is 0 Å². The topological polar surface area (TPSA) is 49.8 Å². The maximum absolute atomic E-state index is 12.9. The van der Waals surface area contributed by atoms with E-state index < -0.39 is 0 Å². The molecule has 0 saturated carbocycles. The number of hydrogen-bond donors (Lipinski definition) is 1. The lowest BCUT2D eigenvalue weighted by atomic mass is 9.96. The van der Waals surface area contributed by atoms with Gasteiger partial charge in [0.25, 0.3) is 5.91 Å². The molecule has 1 aliphatic rings. The Kier molecular flexibility index (Phi) is 4.97. The molecule has 3 rings (SSSR count). The van der Waals surface area contributed by atoms with Crippen molar-refractivity contribution in [3.63, 3.8) is 0 Å². The van der Waals surface area contributed by atoms with Gasteiger partial charge in [0.15, 0.2) is 0 Å². The van der Waals surface area contributed by atoms with E-state index in [4.69, 9.17) is 4.74 Å². The van der Waals surface area contributed by atoms with Crippen LogP contribution in [0, 0.1) is 0 Å². The molecule has 2 aromatic rings. The monoisotopic (exact) mass is 325 g/mol. The molecular weight excluding hydrogens is 302 g/mol. The summed E-state index contributed by atoms with van der Waals surface area (Å²) in [5.41, 5.74) is 4.86. The van der Waals surface area contributed by atoms with Crippen LogP contribution in [-0.4, -0.2) is 31.3 Å². The standard InChI is InChI=1S/C20H23NO3/c1-14(12-22)16-5-7-18(8-6-16)21-10-9-17-4-3-15(13-24-2)11-19(17)20(21)23/h3-8,11,14,22H,9-10,12-13H2,1-2H3. The Morgan fingerprint density at radius 2 is 1.96 bits per heavy atom. The summed E-state index contributed by atoms with van der Waals surface area (Å²) in [5, 5.41) is 9.25. The fraction of sp³-hybridized carbons (Fsp3) is 0.350. The number of anilines is 1. The van der Waals surface area contributed by atoms with Crippen molar-refractivity contribution in [2.24, 2.45) is 0 Å². The van der Waals surface area contributed by atoms with Gasteiger partial charge in [0.1, 0.15) is 0 Å². The van der Waals surface area contributed by atoms with Crippen LogP contribution in [0.1, 0.15) is 39.9 Å². The Labute approximate surface area is 142 Å². The molecule has 24 heavy (non-hydrogen) atoms. The zero-order valence-corrected chi connectivity index (χ0v) is 14.2. The van der Waals surface area contributed by atoms with Crippen LogP contribution in [0.4, 0.5) is 5.69 Å². The highest BCUT2D eigenvalue weighted by Gasteiger charge is 2.25. The van der Waals surface area contributed by atoms with E-state index in [1.807, 2.05) is 54.3 Å². The smallest absolute Gasteiger partial charge is 0.258 e. The molecule has 0 aliphatic carbocycles. The first kappa shape index (κ1) is 16.7. The average molecular weight is 325 g/mol. The normalized spacial score (nSPS) is 15.3. The number of fused-ring (bicyclic) bond motifs is 1. The van der Waals surface area contributed by atoms with Gasteiger partial charge in [-0.3, -0.25) is 4.79 Å². The molecule has 2 aromatic carbocycles. The Hall–Kier alpha value is -2.17. The number of ether oxygens (including phenoxy) is 1. The summed E-state index contributed by atoms with van der Waals surface area (Å²) in [6.45, 7) is 3.30. The minimum atomic E-state index is 0.0390. The second-order valence-electron chi connectivity index (χ2n) is 6.31. The third-order valence-electron chi connectivity index (χ3n) is 4.61. The van der Waals surface area contributed by atoms with Gasteiger partial charge in [0.2, 0.25) is 0 Å². The van der Waals surface area contributed by atoms with Crippen LogP contribution >= 0.6 is 0 Å². The third-order valence-corrected chi connectivity index (χ3v) is 4.61. The molecule has 4 nitrogen and oxygen atoms in total. The molecule has 126 valence electrons. The van der Waals surface area contributed by atoms with E-state index in [0.717, 1.165) is 34.4 Å². The van der Waals surface area contributed by atoms with Gasteiger partial charge in [0, 0.05) is 37.4 Å². The number of methoxy groups -OCH3 is 1. The molecule has 1 atom stereocenters. The van der Waals surface area contributed by atoms with Crippen LogP contribution in [-0.2, 0) is 17.8 Å². The van der Waals surface area contributed by atoms with Gasteiger partial charge in [-0.1, -0.05) is 31.2 Å². The van der Waals surface area contributed by atoms with Gasteiger partial charge in [0.05, 0.1) is 6.61 Å². The number of nitrogens with zero attached hydrogens (tertiary/aromatic N) is 1. The number of amides is 1.